The number of para-hydroxylation sites is 5. The van der Waals surface area contributed by atoms with Gasteiger partial charge in [-0.15, -0.1) is 40.8 Å². The molecular formula is C54H59BrN16O6S5. The summed E-state index contributed by atoms with van der Waals surface area (Å²) in [7, 11) is -3.66. The van der Waals surface area contributed by atoms with E-state index in [1.165, 1.54) is 74.9 Å². The number of anilines is 1. The normalized spacial score (nSPS) is 14.2. The van der Waals surface area contributed by atoms with E-state index in [0.29, 0.717) is 45.9 Å². The number of hydrogen-bond acceptors (Lipinski definition) is 18. The lowest BCUT2D eigenvalue weighted by atomic mass is 10.2. The van der Waals surface area contributed by atoms with Crippen molar-refractivity contribution in [3.8, 4) is 15.4 Å². The minimum Gasteiger partial charge on any atom is -0.326 e. The van der Waals surface area contributed by atoms with Crippen LogP contribution in [0, 0.1) is 33.1 Å². The average Bonchev–Trinajstić information content (AvgIpc) is 3.04. The zero-order chi connectivity index (χ0) is 58.7. The van der Waals surface area contributed by atoms with Crippen molar-refractivity contribution in [3.05, 3.63) is 152 Å². The molecule has 8 heterocycles. The van der Waals surface area contributed by atoms with Gasteiger partial charge in [-0.25, -0.2) is 41.2 Å². The molecule has 14 rings (SSSR count). The number of carbonyl (C=O) groups is 1. The van der Waals surface area contributed by atoms with E-state index in [-0.39, 0.29) is 33.4 Å². The molecule has 0 radical (unpaired) electrons. The largest absolute Gasteiger partial charge is 0.335 e. The Morgan fingerprint density at radius 2 is 1.05 bits per heavy atom. The molecule has 1 aliphatic heterocycles. The van der Waals surface area contributed by atoms with Crippen molar-refractivity contribution in [2.45, 2.75) is 118 Å². The molecule has 2 aliphatic carbocycles. The number of nitrogens with zero attached hydrogens (tertiary/aromatic N) is 13. The molecule has 1 amide bonds. The predicted molar refractivity (Wildman–Crippen MR) is 327 cm³/mol. The summed E-state index contributed by atoms with van der Waals surface area (Å²) in [6.07, 6.45) is 5.10. The van der Waals surface area contributed by atoms with E-state index >= 15 is 0 Å². The van der Waals surface area contributed by atoms with Gasteiger partial charge in [0.05, 0.1) is 44.4 Å². The van der Waals surface area contributed by atoms with Crippen molar-refractivity contribution >= 4 is 116 Å². The Kier molecular flexibility index (Phi) is 17.9. The molecule has 2 fully saturated rings. The Bertz CT molecular complexity index is 4350. The Labute approximate surface area is 495 Å². The number of imidazole rings is 3. The molecule has 11 aromatic rings. The Morgan fingerprint density at radius 1 is 0.573 bits per heavy atom. The van der Waals surface area contributed by atoms with Gasteiger partial charge in [-0.05, 0) is 150 Å². The number of sulfonamides is 1. The summed E-state index contributed by atoms with van der Waals surface area (Å²) in [6, 6.07) is 27.7. The highest BCUT2D eigenvalue weighted by atomic mass is 79.9. The maximum absolute atomic E-state index is 12.8. The van der Waals surface area contributed by atoms with Crippen LogP contribution < -0.4 is 27.1 Å². The van der Waals surface area contributed by atoms with Gasteiger partial charge in [-0.3, -0.25) is 13.9 Å². The van der Waals surface area contributed by atoms with Gasteiger partial charge in [0, 0.05) is 24.3 Å². The molecule has 428 valence electrons. The smallest absolute Gasteiger partial charge is 0.326 e. The van der Waals surface area contributed by atoms with Crippen molar-refractivity contribution in [1.29, 1.82) is 0 Å². The Morgan fingerprint density at radius 3 is 1.52 bits per heavy atom. The molecule has 2 saturated carbocycles. The summed E-state index contributed by atoms with van der Waals surface area (Å²) in [5.41, 5.74) is 6.57. The SMILES string of the molecule is CC1(C)CC1.CCn1c(=O)n(-c2nnc(C)s2)c2cc(S(=O)(=O)NC3(C)CC3)ccc21.CCn1c(=O)n(-c2nnc(C)s2)c2ccccc21.Cc1nnc(-n2c(=O)[nH]c3ccccc32)s1.Cc1nnc(Br)s1.O=C1Cc2ccccc2N1. The highest BCUT2D eigenvalue weighted by Gasteiger charge is 2.41. The minimum absolute atomic E-state index is 0.0603. The van der Waals surface area contributed by atoms with Gasteiger partial charge in [0.1, 0.15) is 20.0 Å². The number of H-pyrrole nitrogens is 1. The maximum atomic E-state index is 12.8. The van der Waals surface area contributed by atoms with E-state index in [1.54, 1.807) is 31.3 Å². The fourth-order valence-electron chi connectivity index (χ4n) is 8.33. The molecule has 22 nitrogen and oxygen atoms in total. The summed E-state index contributed by atoms with van der Waals surface area (Å²) in [5, 5.41) is 39.2. The van der Waals surface area contributed by atoms with Crippen LogP contribution in [-0.2, 0) is 34.3 Å². The van der Waals surface area contributed by atoms with Gasteiger partial charge in [0.2, 0.25) is 31.3 Å². The number of nitrogens with one attached hydrogen (secondary N) is 3. The molecule has 3 aliphatic rings. The lowest BCUT2D eigenvalue weighted by molar-refractivity contribution is -0.115. The molecule has 0 bridgehead atoms. The molecule has 0 saturated heterocycles. The van der Waals surface area contributed by atoms with Crippen LogP contribution in [0.1, 0.15) is 85.9 Å². The van der Waals surface area contributed by atoms with Crippen LogP contribution in [0.3, 0.4) is 0 Å². The number of aromatic amines is 1. The van der Waals surface area contributed by atoms with Crippen molar-refractivity contribution in [2.75, 3.05) is 5.32 Å². The van der Waals surface area contributed by atoms with Crippen LogP contribution in [0.15, 0.2) is 114 Å². The minimum atomic E-state index is -3.66. The molecule has 28 heteroatoms. The van der Waals surface area contributed by atoms with E-state index in [9.17, 15) is 27.6 Å². The summed E-state index contributed by atoms with van der Waals surface area (Å²) in [6.45, 7) is 18.9. The number of aryl methyl sites for hydroxylation is 6. The van der Waals surface area contributed by atoms with Gasteiger partial charge in [-0.1, -0.05) is 102 Å². The number of benzene rings is 4. The van der Waals surface area contributed by atoms with E-state index in [0.717, 1.165) is 75.5 Å². The summed E-state index contributed by atoms with van der Waals surface area (Å²) in [5.74, 6) is 0.0983. The third kappa shape index (κ3) is 13.8. The fraction of sp³-hybridized carbons (Fsp3) is 0.333. The number of hydrogen-bond donors (Lipinski definition) is 3. The molecule has 0 unspecified atom stereocenters. The van der Waals surface area contributed by atoms with Crippen LogP contribution in [0.2, 0.25) is 0 Å². The first kappa shape index (κ1) is 59.4. The molecule has 3 N–H and O–H groups in total. The summed E-state index contributed by atoms with van der Waals surface area (Å²) >= 11 is 8.82. The number of halogens is 1. The lowest BCUT2D eigenvalue weighted by Gasteiger charge is -2.12. The van der Waals surface area contributed by atoms with Crippen molar-refractivity contribution in [3.63, 3.8) is 0 Å². The van der Waals surface area contributed by atoms with E-state index < -0.39 is 10.0 Å². The monoisotopic (exact) mass is 1270 g/mol. The summed E-state index contributed by atoms with van der Waals surface area (Å²) in [4.78, 5) is 50.7. The number of carbonyl (C=O) groups excluding carboxylic acids is 1. The first-order valence-electron chi connectivity index (χ1n) is 26.0. The number of rotatable bonds is 8. The van der Waals surface area contributed by atoms with Gasteiger partial charge in [-0.2, -0.15) is 0 Å². The topological polar surface area (TPSA) is 270 Å². The molecule has 7 aromatic heterocycles. The van der Waals surface area contributed by atoms with Gasteiger partial charge in [0.15, 0.2) is 3.92 Å². The van der Waals surface area contributed by atoms with Crippen LogP contribution in [0.5, 0.6) is 0 Å². The second-order valence-corrected chi connectivity index (χ2v) is 27.9. The lowest BCUT2D eigenvalue weighted by Crippen LogP contribution is -2.34. The molecular weight excluding hydrogens is 1210 g/mol. The van der Waals surface area contributed by atoms with Gasteiger partial charge in [0.25, 0.3) is 0 Å². The van der Waals surface area contributed by atoms with Crippen LogP contribution >= 0.6 is 61.3 Å². The third-order valence-electron chi connectivity index (χ3n) is 13.2. The number of aromatic nitrogens is 14. The number of amides is 1. The van der Waals surface area contributed by atoms with E-state index in [1.807, 2.05) is 114 Å². The standard InChI is InChI=1S/C16H19N5O3S2.C12H12N4OS.C10H8N4OS.C8H7NO.C5H10.C3H3BrN2S/c1-4-20-12-6-5-11(26(23,24)19-16(3)7-8-16)9-13(12)21(15(20)22)14-18-17-10(2)25-14;1-3-15-9-6-4-5-7-10(9)16(12(15)17)11-14-13-8(2)18-11;1-6-12-13-10(16-6)14-8-5-3-2-4-7(8)11-9(14)15;10-8-5-6-3-1-2-4-7(6)9-8;1-5(2)3-4-5;1-2-5-6-3(4)7-2/h5-6,9,19H,4,7-8H2,1-3H3;4-7H,3H2,1-2H3;2-5H,1H3,(H,11,15);1-4H,5H2,(H,9,10);3-4H2,1-2H3;1H3. The number of fused-ring (bicyclic) bond motifs is 4. The maximum Gasteiger partial charge on any atom is 0.335 e. The first-order chi connectivity index (χ1) is 39.1. The molecule has 0 atom stereocenters. The van der Waals surface area contributed by atoms with E-state index in [2.05, 4.69) is 85.6 Å². The second kappa shape index (κ2) is 24.7. The van der Waals surface area contributed by atoms with E-state index in [4.69, 9.17) is 0 Å². The highest BCUT2D eigenvalue weighted by Crippen LogP contribution is 2.43. The van der Waals surface area contributed by atoms with Crippen molar-refractivity contribution in [2.24, 2.45) is 5.41 Å². The van der Waals surface area contributed by atoms with Crippen molar-refractivity contribution < 1.29 is 13.2 Å². The zero-order valence-corrected chi connectivity index (χ0v) is 52.0. The van der Waals surface area contributed by atoms with Crippen molar-refractivity contribution in [1.82, 2.24) is 73.3 Å². The average molecular weight is 1270 g/mol. The van der Waals surface area contributed by atoms with Gasteiger partial charge < -0.3 is 10.3 Å². The third-order valence-corrected chi connectivity index (χ3v) is 18.5. The molecule has 82 heavy (non-hydrogen) atoms. The van der Waals surface area contributed by atoms with Crippen LogP contribution in [0.25, 0.3) is 48.5 Å². The molecule has 0 spiro atoms. The second-order valence-electron chi connectivity index (χ2n) is 20.2. The quantitative estimate of drug-likeness (QED) is 0.128. The Balaban J connectivity index is 0.000000127. The van der Waals surface area contributed by atoms with Gasteiger partial charge >= 0.3 is 17.1 Å². The van der Waals surface area contributed by atoms with Crippen LogP contribution in [-0.4, -0.2) is 88.5 Å². The fourth-order valence-corrected chi connectivity index (χ4v) is 13.1. The Hall–Kier alpha value is -7.21. The predicted octanol–water partition coefficient (Wildman–Crippen LogP) is 9.85. The zero-order valence-electron chi connectivity index (χ0n) is 46.3. The summed E-state index contributed by atoms with van der Waals surface area (Å²) < 4.78 is 37.0. The molecule has 4 aromatic carbocycles. The van der Waals surface area contributed by atoms with Crippen LogP contribution in [0.4, 0.5) is 5.69 Å². The first-order valence-corrected chi connectivity index (χ1v) is 31.6. The highest BCUT2D eigenvalue weighted by molar-refractivity contribution is 9.11.